The molecule has 3 aromatic rings. The van der Waals surface area contributed by atoms with Gasteiger partial charge in [0.15, 0.2) is 0 Å². The lowest BCUT2D eigenvalue weighted by molar-refractivity contribution is 0.0984. The summed E-state index contributed by atoms with van der Waals surface area (Å²) in [5, 5.41) is 4.62. The van der Waals surface area contributed by atoms with Gasteiger partial charge < -0.3 is 4.90 Å². The van der Waals surface area contributed by atoms with Crippen LogP contribution in [0.25, 0.3) is 5.69 Å². The van der Waals surface area contributed by atoms with Gasteiger partial charge in [-0.25, -0.2) is 4.68 Å². The van der Waals surface area contributed by atoms with Gasteiger partial charge in [0.1, 0.15) is 0 Å². The number of carbonyl (C=O) groups excluding carboxylic acids is 1. The summed E-state index contributed by atoms with van der Waals surface area (Å²) >= 11 is 0. The van der Waals surface area contributed by atoms with E-state index in [0.717, 1.165) is 42.1 Å². The molecule has 0 bridgehead atoms. The topological polar surface area (TPSA) is 38.1 Å². The summed E-state index contributed by atoms with van der Waals surface area (Å²) in [6, 6.07) is 18.1. The maximum absolute atomic E-state index is 13.3. The zero-order chi connectivity index (χ0) is 17.4. The van der Waals surface area contributed by atoms with Crippen LogP contribution in [-0.4, -0.2) is 22.2 Å². The minimum Gasteiger partial charge on any atom is -0.308 e. The molecule has 4 rings (SSSR count). The quantitative estimate of drug-likeness (QED) is 0.709. The summed E-state index contributed by atoms with van der Waals surface area (Å²) in [5.74, 6) is 0.0457. The predicted octanol–water partition coefficient (Wildman–Crippen LogP) is 4.08. The molecule has 0 radical (unpaired) electrons. The van der Waals surface area contributed by atoms with E-state index in [2.05, 4.69) is 11.2 Å². The second kappa shape index (κ2) is 6.20. The van der Waals surface area contributed by atoms with Crippen LogP contribution in [-0.2, 0) is 6.42 Å². The van der Waals surface area contributed by atoms with Crippen LogP contribution in [0.4, 0.5) is 5.69 Å². The molecule has 0 aliphatic carbocycles. The number of amides is 1. The van der Waals surface area contributed by atoms with Crippen molar-refractivity contribution in [3.8, 4) is 5.69 Å². The number of benzene rings is 2. The Hall–Kier alpha value is -2.88. The van der Waals surface area contributed by atoms with Gasteiger partial charge in [-0.1, -0.05) is 36.4 Å². The molecule has 0 N–H and O–H groups in total. The number of hydrogen-bond acceptors (Lipinski definition) is 2. The summed E-state index contributed by atoms with van der Waals surface area (Å²) in [4.78, 5) is 15.2. The fourth-order valence-corrected chi connectivity index (χ4v) is 3.65. The smallest absolute Gasteiger partial charge is 0.262 e. The molecule has 1 aliphatic rings. The van der Waals surface area contributed by atoms with Crippen LogP contribution < -0.4 is 4.90 Å². The van der Waals surface area contributed by atoms with Crippen LogP contribution in [0.1, 0.15) is 33.7 Å². The average molecular weight is 331 g/mol. The number of para-hydroxylation sites is 2. The van der Waals surface area contributed by atoms with Gasteiger partial charge in [0.25, 0.3) is 5.91 Å². The number of aromatic nitrogens is 2. The largest absolute Gasteiger partial charge is 0.308 e. The Bertz CT molecular complexity index is 928. The van der Waals surface area contributed by atoms with Gasteiger partial charge in [-0.15, -0.1) is 0 Å². The number of aryl methyl sites for hydroxylation is 2. The lowest BCUT2D eigenvalue weighted by atomic mass is 10.0. The molecule has 0 saturated carbocycles. The van der Waals surface area contributed by atoms with Crippen LogP contribution in [0, 0.1) is 13.8 Å². The highest BCUT2D eigenvalue weighted by Crippen LogP contribution is 2.29. The molecule has 1 aromatic heterocycles. The van der Waals surface area contributed by atoms with Gasteiger partial charge >= 0.3 is 0 Å². The van der Waals surface area contributed by atoms with Crippen LogP contribution in [0.2, 0.25) is 0 Å². The zero-order valence-electron chi connectivity index (χ0n) is 14.6. The molecule has 25 heavy (non-hydrogen) atoms. The molecule has 1 aliphatic heterocycles. The highest BCUT2D eigenvalue weighted by atomic mass is 16.2. The predicted molar refractivity (Wildman–Crippen MR) is 99.5 cm³/mol. The van der Waals surface area contributed by atoms with E-state index >= 15 is 0 Å². The first-order chi connectivity index (χ1) is 12.2. The summed E-state index contributed by atoms with van der Waals surface area (Å²) in [6.07, 6.45) is 2.02. The highest BCUT2D eigenvalue weighted by Gasteiger charge is 2.28. The second-order valence-corrected chi connectivity index (χ2v) is 6.48. The fraction of sp³-hybridized carbons (Fsp3) is 0.238. The van der Waals surface area contributed by atoms with Crippen molar-refractivity contribution in [3.63, 3.8) is 0 Å². The Morgan fingerprint density at radius 1 is 1.00 bits per heavy atom. The van der Waals surface area contributed by atoms with Crippen molar-refractivity contribution < 1.29 is 4.79 Å². The summed E-state index contributed by atoms with van der Waals surface area (Å²) in [7, 11) is 0. The highest BCUT2D eigenvalue weighted by molar-refractivity contribution is 6.08. The minimum atomic E-state index is 0.0457. The molecule has 4 heteroatoms. The molecule has 2 aromatic carbocycles. The van der Waals surface area contributed by atoms with Crippen molar-refractivity contribution in [1.29, 1.82) is 0 Å². The van der Waals surface area contributed by atoms with Gasteiger partial charge in [0.2, 0.25) is 0 Å². The fourth-order valence-electron chi connectivity index (χ4n) is 3.65. The van der Waals surface area contributed by atoms with Gasteiger partial charge in [0, 0.05) is 12.2 Å². The number of anilines is 1. The molecule has 126 valence electrons. The van der Waals surface area contributed by atoms with Gasteiger partial charge in [0.05, 0.1) is 22.6 Å². The van der Waals surface area contributed by atoms with E-state index in [-0.39, 0.29) is 5.91 Å². The van der Waals surface area contributed by atoms with Crippen molar-refractivity contribution in [2.75, 3.05) is 11.4 Å². The van der Waals surface area contributed by atoms with Crippen molar-refractivity contribution in [3.05, 3.63) is 77.1 Å². The molecule has 2 heterocycles. The normalized spacial score (nSPS) is 13.6. The lowest BCUT2D eigenvalue weighted by Gasteiger charge is -2.29. The summed E-state index contributed by atoms with van der Waals surface area (Å²) in [5.41, 5.74) is 5.62. The first kappa shape index (κ1) is 15.6. The van der Waals surface area contributed by atoms with Crippen LogP contribution in [0.15, 0.2) is 54.6 Å². The average Bonchev–Trinajstić information content (AvgIpc) is 2.96. The van der Waals surface area contributed by atoms with Crippen LogP contribution in [0.5, 0.6) is 0 Å². The van der Waals surface area contributed by atoms with E-state index in [1.807, 2.05) is 72.0 Å². The number of hydrogen-bond donors (Lipinski definition) is 0. The van der Waals surface area contributed by atoms with Gasteiger partial charge in [-0.2, -0.15) is 5.10 Å². The number of rotatable bonds is 2. The molecule has 0 spiro atoms. The lowest BCUT2D eigenvalue weighted by Crippen LogP contribution is -2.36. The molecule has 1 amide bonds. The molecule has 0 saturated heterocycles. The Kier molecular flexibility index (Phi) is 3.88. The molecular formula is C21H21N3O. The number of nitrogens with zero attached hydrogens (tertiary/aromatic N) is 3. The van der Waals surface area contributed by atoms with Crippen molar-refractivity contribution in [1.82, 2.24) is 9.78 Å². The number of fused-ring (bicyclic) bond motifs is 1. The first-order valence-corrected chi connectivity index (χ1v) is 8.68. The third-order valence-corrected chi connectivity index (χ3v) is 4.86. The molecule has 0 unspecified atom stereocenters. The first-order valence-electron chi connectivity index (χ1n) is 8.68. The van der Waals surface area contributed by atoms with Crippen LogP contribution >= 0.6 is 0 Å². The van der Waals surface area contributed by atoms with Crippen molar-refractivity contribution in [2.45, 2.75) is 26.7 Å². The summed E-state index contributed by atoms with van der Waals surface area (Å²) < 4.78 is 1.86. The molecule has 0 atom stereocenters. The molecular weight excluding hydrogens is 310 g/mol. The van der Waals surface area contributed by atoms with E-state index in [4.69, 9.17) is 0 Å². The minimum absolute atomic E-state index is 0.0457. The van der Waals surface area contributed by atoms with Crippen LogP contribution in [0.3, 0.4) is 0 Å². The monoisotopic (exact) mass is 331 g/mol. The van der Waals surface area contributed by atoms with Crippen molar-refractivity contribution >= 4 is 11.6 Å². The van der Waals surface area contributed by atoms with Gasteiger partial charge in [-0.3, -0.25) is 4.79 Å². The van der Waals surface area contributed by atoms with E-state index < -0.39 is 0 Å². The third kappa shape index (κ3) is 2.64. The standard InChI is InChI=1S/C21H21N3O/c1-15-20(16(2)24(22-15)18-11-4-3-5-12-18)21(25)23-14-8-10-17-9-6-7-13-19(17)23/h3-7,9,11-13H,8,10,14H2,1-2H3. The van der Waals surface area contributed by atoms with Gasteiger partial charge in [-0.05, 0) is 50.5 Å². The molecule has 0 fully saturated rings. The van der Waals surface area contributed by atoms with E-state index in [1.165, 1.54) is 5.56 Å². The second-order valence-electron chi connectivity index (χ2n) is 6.48. The van der Waals surface area contributed by atoms with E-state index in [1.54, 1.807) is 0 Å². The van der Waals surface area contributed by atoms with E-state index in [9.17, 15) is 4.79 Å². The number of carbonyl (C=O) groups is 1. The van der Waals surface area contributed by atoms with E-state index in [0.29, 0.717) is 5.56 Å². The maximum Gasteiger partial charge on any atom is 0.262 e. The third-order valence-electron chi connectivity index (χ3n) is 4.86. The Morgan fingerprint density at radius 2 is 1.72 bits per heavy atom. The summed E-state index contributed by atoms with van der Waals surface area (Å²) in [6.45, 7) is 4.64. The Morgan fingerprint density at radius 3 is 2.52 bits per heavy atom. The Labute approximate surface area is 147 Å². The zero-order valence-corrected chi connectivity index (χ0v) is 14.6. The van der Waals surface area contributed by atoms with Crippen molar-refractivity contribution in [2.24, 2.45) is 0 Å². The maximum atomic E-state index is 13.3. The molecule has 4 nitrogen and oxygen atoms in total. The SMILES string of the molecule is Cc1nn(-c2ccccc2)c(C)c1C(=O)N1CCCc2ccccc21. The Balaban J connectivity index is 1.76.